The average Bonchev–Trinajstić information content (AvgIpc) is 3.31. The van der Waals surface area contributed by atoms with Crippen LogP contribution in [0.3, 0.4) is 0 Å². The lowest BCUT2D eigenvalue weighted by Gasteiger charge is -2.08. The summed E-state index contributed by atoms with van der Waals surface area (Å²) in [5, 5.41) is 8.34. The summed E-state index contributed by atoms with van der Waals surface area (Å²) in [6.07, 6.45) is 2.48. The van der Waals surface area contributed by atoms with Crippen molar-refractivity contribution in [1.82, 2.24) is 29.7 Å². The maximum atomic E-state index is 12.8. The zero-order valence-electron chi connectivity index (χ0n) is 14.6. The van der Waals surface area contributed by atoms with Crippen molar-refractivity contribution in [3.05, 3.63) is 66.9 Å². The number of nitrogens with one attached hydrogen (secondary N) is 1. The highest BCUT2D eigenvalue weighted by atomic mass is 32.2. The van der Waals surface area contributed by atoms with Crippen LogP contribution >= 0.6 is 11.8 Å². The van der Waals surface area contributed by atoms with Crippen LogP contribution in [0.5, 0.6) is 0 Å². The fraction of sp³-hybridized carbons (Fsp3) is 0.0526. The molecule has 5 aromatic heterocycles. The first-order chi connectivity index (χ1) is 14.0. The number of aromatic amines is 1. The van der Waals surface area contributed by atoms with Gasteiger partial charge in [-0.2, -0.15) is 18.3 Å². The molecule has 0 aromatic carbocycles. The number of H-pyrrole nitrogens is 1. The minimum atomic E-state index is -4.47. The molecule has 0 atom stereocenters. The summed E-state index contributed by atoms with van der Waals surface area (Å²) in [5.41, 5.74) is 0.937. The van der Waals surface area contributed by atoms with Crippen LogP contribution in [0.4, 0.5) is 13.2 Å². The van der Waals surface area contributed by atoms with E-state index in [4.69, 9.17) is 0 Å². The first-order valence-electron chi connectivity index (χ1n) is 8.47. The molecule has 0 saturated heterocycles. The summed E-state index contributed by atoms with van der Waals surface area (Å²) in [4.78, 5) is 13.0. The smallest absolute Gasteiger partial charge is 0.294 e. The van der Waals surface area contributed by atoms with Gasteiger partial charge in [0.1, 0.15) is 21.6 Å². The van der Waals surface area contributed by atoms with Crippen molar-refractivity contribution in [1.29, 1.82) is 0 Å². The summed E-state index contributed by atoms with van der Waals surface area (Å²) in [7, 11) is 0. The Labute approximate surface area is 165 Å². The van der Waals surface area contributed by atoms with Crippen LogP contribution in [0, 0.1) is 0 Å². The Morgan fingerprint density at radius 2 is 1.59 bits per heavy atom. The molecule has 5 heterocycles. The summed E-state index contributed by atoms with van der Waals surface area (Å²) in [6.45, 7) is 0. The molecule has 0 aliphatic rings. The number of alkyl halides is 3. The molecule has 5 rings (SSSR count). The number of hydrogen-bond donors (Lipinski definition) is 1. The Hall–Kier alpha value is -3.40. The first-order valence-corrected chi connectivity index (χ1v) is 9.28. The minimum absolute atomic E-state index is 0.192. The minimum Gasteiger partial charge on any atom is -0.294 e. The molecule has 1 N–H and O–H groups in total. The highest BCUT2D eigenvalue weighted by molar-refractivity contribution is 7.99. The van der Waals surface area contributed by atoms with Crippen molar-refractivity contribution in [3.8, 4) is 5.82 Å². The molecule has 10 heteroatoms. The van der Waals surface area contributed by atoms with Crippen LogP contribution in [0.2, 0.25) is 0 Å². The number of hydrogen-bond acceptors (Lipinski definition) is 5. The van der Waals surface area contributed by atoms with E-state index in [1.165, 1.54) is 0 Å². The highest BCUT2D eigenvalue weighted by Crippen LogP contribution is 2.34. The third-order valence-corrected chi connectivity index (χ3v) is 5.23. The van der Waals surface area contributed by atoms with E-state index in [9.17, 15) is 13.2 Å². The van der Waals surface area contributed by atoms with E-state index >= 15 is 0 Å². The van der Waals surface area contributed by atoms with Crippen molar-refractivity contribution >= 4 is 33.6 Å². The van der Waals surface area contributed by atoms with Crippen molar-refractivity contribution in [3.63, 3.8) is 0 Å². The molecule has 29 heavy (non-hydrogen) atoms. The quantitative estimate of drug-likeness (QED) is 0.458. The third-order valence-electron chi connectivity index (χ3n) is 4.37. The molecule has 0 aliphatic carbocycles. The van der Waals surface area contributed by atoms with E-state index in [2.05, 4.69) is 20.1 Å². The summed E-state index contributed by atoms with van der Waals surface area (Å²) < 4.78 is 40.3. The standard InChI is InChI=1S/C19H11F3N6S/c20-19(21,22)15-8-18(27-26-15)29-17-3-1-2-16(25-17)28-13-4-6-23-9-11(13)12-10-24-7-5-14(12)28/h1-10H,(H,26,27). The van der Waals surface area contributed by atoms with Crippen molar-refractivity contribution in [2.75, 3.05) is 0 Å². The van der Waals surface area contributed by atoms with Gasteiger partial charge in [0.2, 0.25) is 0 Å². The fourth-order valence-electron chi connectivity index (χ4n) is 3.15. The lowest BCUT2D eigenvalue weighted by molar-refractivity contribution is -0.141. The molecular formula is C19H11F3N6S. The molecule has 6 nitrogen and oxygen atoms in total. The van der Waals surface area contributed by atoms with Gasteiger partial charge in [-0.3, -0.25) is 19.6 Å². The third kappa shape index (κ3) is 3.11. The normalized spacial score (nSPS) is 12.1. The van der Waals surface area contributed by atoms with E-state index in [1.807, 2.05) is 33.9 Å². The van der Waals surface area contributed by atoms with E-state index in [-0.39, 0.29) is 5.03 Å². The lowest BCUT2D eigenvalue weighted by Crippen LogP contribution is -2.04. The van der Waals surface area contributed by atoms with Gasteiger partial charge in [-0.1, -0.05) is 6.07 Å². The summed E-state index contributed by atoms with van der Waals surface area (Å²) in [5.74, 6) is 0.638. The van der Waals surface area contributed by atoms with Crippen molar-refractivity contribution < 1.29 is 13.2 Å². The second-order valence-corrected chi connectivity index (χ2v) is 7.22. The summed E-state index contributed by atoms with van der Waals surface area (Å²) in [6, 6.07) is 10.1. The first kappa shape index (κ1) is 17.7. The average molecular weight is 412 g/mol. The lowest BCUT2D eigenvalue weighted by atomic mass is 10.2. The molecule has 0 unspecified atom stereocenters. The molecule has 5 aromatic rings. The predicted molar refractivity (Wildman–Crippen MR) is 102 cm³/mol. The van der Waals surface area contributed by atoms with Crippen molar-refractivity contribution in [2.24, 2.45) is 0 Å². The van der Waals surface area contributed by atoms with Crippen LogP contribution < -0.4 is 0 Å². The second-order valence-electron chi connectivity index (χ2n) is 6.17. The van der Waals surface area contributed by atoms with Crippen LogP contribution in [0.1, 0.15) is 5.69 Å². The van der Waals surface area contributed by atoms with Gasteiger partial charge in [0.05, 0.1) is 11.0 Å². The number of pyridine rings is 3. The molecular weight excluding hydrogens is 401 g/mol. The SMILES string of the molecule is FC(F)(F)c1cc(Sc2cccc(-n3c4ccncc4c4cnccc43)n2)n[nH]1. The van der Waals surface area contributed by atoms with Crippen molar-refractivity contribution in [2.45, 2.75) is 16.2 Å². The van der Waals surface area contributed by atoms with E-state index in [0.29, 0.717) is 10.8 Å². The molecule has 0 radical (unpaired) electrons. The topological polar surface area (TPSA) is 72.3 Å². The van der Waals surface area contributed by atoms with E-state index in [0.717, 1.165) is 39.6 Å². The van der Waals surface area contributed by atoms with Crippen LogP contribution in [-0.2, 0) is 6.18 Å². The van der Waals surface area contributed by atoms with E-state index in [1.54, 1.807) is 30.9 Å². The van der Waals surface area contributed by atoms with Gasteiger partial charge in [-0.05, 0) is 36.0 Å². The second kappa shape index (κ2) is 6.59. The molecule has 0 saturated carbocycles. The fourth-order valence-corrected chi connectivity index (χ4v) is 3.92. The van der Waals surface area contributed by atoms with Gasteiger partial charge >= 0.3 is 6.18 Å². The molecule has 0 spiro atoms. The zero-order chi connectivity index (χ0) is 20.0. The highest BCUT2D eigenvalue weighted by Gasteiger charge is 2.33. The Kier molecular flexibility index (Phi) is 4.02. The van der Waals surface area contributed by atoms with Gasteiger partial charge in [0.15, 0.2) is 0 Å². The van der Waals surface area contributed by atoms with E-state index < -0.39 is 11.9 Å². The number of nitrogens with zero attached hydrogens (tertiary/aromatic N) is 5. The molecule has 0 fully saturated rings. The molecule has 144 valence electrons. The predicted octanol–water partition coefficient (Wildman–Crippen LogP) is 4.86. The van der Waals surface area contributed by atoms with Gasteiger partial charge in [-0.25, -0.2) is 4.98 Å². The Morgan fingerprint density at radius 1 is 0.897 bits per heavy atom. The van der Waals surface area contributed by atoms with Crippen LogP contribution in [0.25, 0.3) is 27.6 Å². The molecule has 0 amide bonds. The monoisotopic (exact) mass is 412 g/mol. The van der Waals surface area contributed by atoms with Crippen LogP contribution in [-0.4, -0.2) is 29.7 Å². The zero-order valence-corrected chi connectivity index (χ0v) is 15.4. The number of aromatic nitrogens is 6. The maximum absolute atomic E-state index is 12.8. The van der Waals surface area contributed by atoms with Gasteiger partial charge < -0.3 is 0 Å². The van der Waals surface area contributed by atoms with Gasteiger partial charge in [0, 0.05) is 41.6 Å². The largest absolute Gasteiger partial charge is 0.432 e. The Bertz CT molecular complexity index is 1290. The molecule has 0 bridgehead atoms. The Morgan fingerprint density at radius 3 is 2.21 bits per heavy atom. The Balaban J connectivity index is 1.59. The van der Waals surface area contributed by atoms with Gasteiger partial charge in [0.25, 0.3) is 0 Å². The van der Waals surface area contributed by atoms with Crippen LogP contribution in [0.15, 0.2) is 71.2 Å². The maximum Gasteiger partial charge on any atom is 0.432 e. The summed E-state index contributed by atoms with van der Waals surface area (Å²) >= 11 is 1.06. The number of fused-ring (bicyclic) bond motifs is 3. The number of rotatable bonds is 3. The van der Waals surface area contributed by atoms with Gasteiger partial charge in [-0.15, -0.1) is 0 Å². The molecule has 0 aliphatic heterocycles. The number of halogens is 3.